The van der Waals surface area contributed by atoms with E-state index in [-0.39, 0.29) is 0 Å². The molecule has 1 unspecified atom stereocenters. The van der Waals surface area contributed by atoms with E-state index in [1.54, 1.807) is 0 Å². The molecule has 1 heteroatoms. The van der Waals surface area contributed by atoms with Gasteiger partial charge in [0, 0.05) is 12.8 Å². The second kappa shape index (κ2) is 7.11. The maximum absolute atomic E-state index is 4.24. The number of rotatable bonds is 6. The van der Waals surface area contributed by atoms with Gasteiger partial charge in [-0.3, -0.25) is 4.99 Å². The van der Waals surface area contributed by atoms with Crippen LogP contribution < -0.4 is 0 Å². The maximum Gasteiger partial charge on any atom is 0.0276 e. The van der Waals surface area contributed by atoms with Crippen LogP contribution in [0.4, 0.5) is 0 Å². The number of hydrogen-bond acceptors (Lipinski definition) is 1. The zero-order valence-corrected chi connectivity index (χ0v) is 9.93. The normalized spacial score (nSPS) is 15.1. The molecule has 0 aliphatic carbocycles. The molecule has 13 heavy (non-hydrogen) atoms. The highest BCUT2D eigenvalue weighted by Crippen LogP contribution is 2.25. The molecule has 1 atom stereocenters. The van der Waals surface area contributed by atoms with Gasteiger partial charge in [0.05, 0.1) is 0 Å². The summed E-state index contributed by atoms with van der Waals surface area (Å²) in [7, 11) is 1.90. The van der Waals surface area contributed by atoms with Crippen LogP contribution in [0.25, 0.3) is 0 Å². The zero-order chi connectivity index (χ0) is 10.3. The first-order valence-corrected chi connectivity index (χ1v) is 5.61. The van der Waals surface area contributed by atoms with E-state index in [0.717, 1.165) is 11.8 Å². The minimum absolute atomic E-state index is 0.846. The van der Waals surface area contributed by atoms with Crippen LogP contribution in [0.2, 0.25) is 0 Å². The summed E-state index contributed by atoms with van der Waals surface area (Å²) in [6.07, 6.45) is 5.11. The summed E-state index contributed by atoms with van der Waals surface area (Å²) in [4.78, 5) is 4.24. The van der Waals surface area contributed by atoms with E-state index < -0.39 is 0 Å². The van der Waals surface area contributed by atoms with Gasteiger partial charge in [-0.25, -0.2) is 0 Å². The Labute approximate surface area is 83.6 Å². The zero-order valence-electron chi connectivity index (χ0n) is 9.93. The SMILES string of the molecule is CCC(CC)C(CC)CC(C)=NC. The third kappa shape index (κ3) is 4.44. The Morgan fingerprint density at radius 1 is 1.00 bits per heavy atom. The molecule has 0 N–H and O–H groups in total. The molecule has 0 aromatic carbocycles. The van der Waals surface area contributed by atoms with Gasteiger partial charge in [0.1, 0.15) is 0 Å². The van der Waals surface area contributed by atoms with Gasteiger partial charge in [-0.2, -0.15) is 0 Å². The predicted molar refractivity (Wildman–Crippen MR) is 61.5 cm³/mol. The molecular formula is C12H25N. The van der Waals surface area contributed by atoms with Crippen LogP contribution in [0.1, 0.15) is 53.4 Å². The maximum atomic E-state index is 4.24. The first kappa shape index (κ1) is 12.7. The van der Waals surface area contributed by atoms with Crippen LogP contribution >= 0.6 is 0 Å². The van der Waals surface area contributed by atoms with E-state index in [9.17, 15) is 0 Å². The van der Waals surface area contributed by atoms with Gasteiger partial charge < -0.3 is 0 Å². The van der Waals surface area contributed by atoms with Crippen molar-refractivity contribution < 1.29 is 0 Å². The quantitative estimate of drug-likeness (QED) is 0.553. The highest BCUT2D eigenvalue weighted by Gasteiger charge is 2.16. The lowest BCUT2D eigenvalue weighted by atomic mass is 9.82. The minimum atomic E-state index is 0.846. The Hall–Kier alpha value is -0.330. The molecule has 0 aliphatic heterocycles. The van der Waals surface area contributed by atoms with Crippen molar-refractivity contribution in [1.29, 1.82) is 0 Å². The van der Waals surface area contributed by atoms with E-state index >= 15 is 0 Å². The molecule has 0 radical (unpaired) electrons. The van der Waals surface area contributed by atoms with Crippen molar-refractivity contribution in [2.45, 2.75) is 53.4 Å². The van der Waals surface area contributed by atoms with Crippen molar-refractivity contribution >= 4 is 5.71 Å². The van der Waals surface area contributed by atoms with Crippen LogP contribution in [0.15, 0.2) is 4.99 Å². The van der Waals surface area contributed by atoms with Crippen molar-refractivity contribution in [3.63, 3.8) is 0 Å². The van der Waals surface area contributed by atoms with Crippen LogP contribution in [0.5, 0.6) is 0 Å². The Balaban J connectivity index is 4.15. The van der Waals surface area contributed by atoms with Crippen molar-refractivity contribution in [2.24, 2.45) is 16.8 Å². The summed E-state index contributed by atoms with van der Waals surface area (Å²) in [6.45, 7) is 9.04. The Bertz CT molecular complexity index is 145. The smallest absolute Gasteiger partial charge is 0.0276 e. The third-order valence-electron chi connectivity index (χ3n) is 3.18. The molecule has 0 saturated carbocycles. The highest BCUT2D eigenvalue weighted by atomic mass is 14.7. The average Bonchev–Trinajstić information content (AvgIpc) is 2.17. The number of aliphatic imine (C=N–C) groups is 1. The van der Waals surface area contributed by atoms with E-state index in [0.29, 0.717) is 0 Å². The van der Waals surface area contributed by atoms with Crippen LogP contribution in [-0.2, 0) is 0 Å². The van der Waals surface area contributed by atoms with Gasteiger partial charge in [0.15, 0.2) is 0 Å². The lowest BCUT2D eigenvalue weighted by Crippen LogP contribution is -2.15. The predicted octanol–water partition coefficient (Wildman–Crippen LogP) is 3.93. The van der Waals surface area contributed by atoms with Crippen molar-refractivity contribution in [3.05, 3.63) is 0 Å². The first-order valence-electron chi connectivity index (χ1n) is 5.61. The summed E-state index contributed by atoms with van der Waals surface area (Å²) in [6, 6.07) is 0. The Morgan fingerprint density at radius 2 is 1.46 bits per heavy atom. The molecule has 78 valence electrons. The average molecular weight is 183 g/mol. The van der Waals surface area contributed by atoms with Crippen molar-refractivity contribution in [3.8, 4) is 0 Å². The first-order chi connectivity index (χ1) is 6.19. The van der Waals surface area contributed by atoms with E-state index in [1.807, 2.05) is 7.05 Å². The van der Waals surface area contributed by atoms with Gasteiger partial charge >= 0.3 is 0 Å². The van der Waals surface area contributed by atoms with E-state index in [2.05, 4.69) is 32.7 Å². The molecule has 0 aromatic rings. The van der Waals surface area contributed by atoms with Crippen LogP contribution in [0, 0.1) is 11.8 Å². The standard InChI is InChI=1S/C12H25N/c1-6-11(7-2)12(8-3)9-10(4)13-5/h11-12H,6-9H2,1-5H3. The molecule has 1 nitrogen and oxygen atoms in total. The monoisotopic (exact) mass is 183 g/mol. The highest BCUT2D eigenvalue weighted by molar-refractivity contribution is 5.81. The largest absolute Gasteiger partial charge is 0.298 e. The summed E-state index contributed by atoms with van der Waals surface area (Å²) in [5.41, 5.74) is 1.30. The van der Waals surface area contributed by atoms with Gasteiger partial charge in [-0.1, -0.05) is 40.0 Å². The van der Waals surface area contributed by atoms with Gasteiger partial charge in [-0.05, 0) is 25.2 Å². The second-order valence-corrected chi connectivity index (χ2v) is 3.91. The molecule has 0 amide bonds. The second-order valence-electron chi connectivity index (χ2n) is 3.91. The van der Waals surface area contributed by atoms with E-state index in [1.165, 1.54) is 31.4 Å². The molecule has 0 rings (SSSR count). The van der Waals surface area contributed by atoms with Gasteiger partial charge in [0.25, 0.3) is 0 Å². The molecule has 0 aliphatic rings. The van der Waals surface area contributed by atoms with Crippen molar-refractivity contribution in [2.75, 3.05) is 7.05 Å². The van der Waals surface area contributed by atoms with Crippen LogP contribution in [-0.4, -0.2) is 12.8 Å². The fourth-order valence-corrected chi connectivity index (χ4v) is 2.07. The van der Waals surface area contributed by atoms with Gasteiger partial charge in [-0.15, -0.1) is 0 Å². The number of hydrogen-bond donors (Lipinski definition) is 0. The molecule has 0 saturated heterocycles. The Kier molecular flexibility index (Phi) is 6.93. The topological polar surface area (TPSA) is 12.4 Å². The molecule has 0 bridgehead atoms. The molecule has 0 fully saturated rings. The lowest BCUT2D eigenvalue weighted by Gasteiger charge is -2.23. The lowest BCUT2D eigenvalue weighted by molar-refractivity contribution is 0.312. The minimum Gasteiger partial charge on any atom is -0.298 e. The summed E-state index contributed by atoms with van der Waals surface area (Å²) < 4.78 is 0. The summed E-state index contributed by atoms with van der Waals surface area (Å²) >= 11 is 0. The van der Waals surface area contributed by atoms with Crippen LogP contribution in [0.3, 0.4) is 0 Å². The Morgan fingerprint density at radius 3 is 1.77 bits per heavy atom. The molecule has 0 heterocycles. The molecule has 0 aromatic heterocycles. The fourth-order valence-electron chi connectivity index (χ4n) is 2.07. The summed E-state index contributed by atoms with van der Waals surface area (Å²) in [5.74, 6) is 1.74. The fraction of sp³-hybridized carbons (Fsp3) is 0.917. The summed E-state index contributed by atoms with van der Waals surface area (Å²) in [5, 5.41) is 0. The van der Waals surface area contributed by atoms with Crippen molar-refractivity contribution in [1.82, 2.24) is 0 Å². The third-order valence-corrected chi connectivity index (χ3v) is 3.18. The molecule has 0 spiro atoms. The van der Waals surface area contributed by atoms with E-state index in [4.69, 9.17) is 0 Å². The number of nitrogens with zero attached hydrogens (tertiary/aromatic N) is 1. The molecular weight excluding hydrogens is 158 g/mol. The van der Waals surface area contributed by atoms with Gasteiger partial charge in [0.2, 0.25) is 0 Å².